The summed E-state index contributed by atoms with van der Waals surface area (Å²) in [5.41, 5.74) is 1.06. The first-order chi connectivity index (χ1) is 15.0. The zero-order valence-corrected chi connectivity index (χ0v) is 17.0. The number of nitrogens with one attached hydrogen (secondary N) is 2. The summed E-state index contributed by atoms with van der Waals surface area (Å²) in [7, 11) is 1.82. The number of aromatic nitrogens is 4. The fraction of sp³-hybridized carbons (Fsp3) is 0.217. The van der Waals surface area contributed by atoms with Crippen LogP contribution in [0.1, 0.15) is 36.1 Å². The number of carbonyl (C=O) groups excluding carboxylic acids is 1. The number of hydrogen-bond acceptors (Lipinski definition) is 4. The van der Waals surface area contributed by atoms with Crippen LogP contribution in [0, 0.1) is 5.82 Å². The lowest BCUT2D eigenvalue weighted by molar-refractivity contribution is -0.121. The third kappa shape index (κ3) is 4.69. The Hall–Kier alpha value is -3.81. The lowest BCUT2D eigenvalue weighted by Gasteiger charge is -2.19. The molecular weight excluding hydrogens is 397 g/mol. The van der Waals surface area contributed by atoms with E-state index in [-0.39, 0.29) is 23.7 Å². The van der Waals surface area contributed by atoms with E-state index in [1.54, 1.807) is 47.3 Å². The van der Waals surface area contributed by atoms with Crippen LogP contribution in [-0.4, -0.2) is 25.4 Å². The molecule has 7 nitrogen and oxygen atoms in total. The molecule has 31 heavy (non-hydrogen) atoms. The fourth-order valence-electron chi connectivity index (χ4n) is 3.54. The molecule has 4 aromatic rings. The highest BCUT2D eigenvalue weighted by atomic mass is 19.1. The highest BCUT2D eigenvalue weighted by Crippen LogP contribution is 2.21. The quantitative estimate of drug-likeness (QED) is 0.482. The smallest absolute Gasteiger partial charge is 0.258 e. The molecule has 0 bridgehead atoms. The molecule has 2 N–H and O–H groups in total. The lowest BCUT2D eigenvalue weighted by Crippen LogP contribution is -2.31. The minimum atomic E-state index is -0.568. The number of para-hydroxylation sites is 1. The molecule has 2 aromatic carbocycles. The Morgan fingerprint density at radius 1 is 1.23 bits per heavy atom. The summed E-state index contributed by atoms with van der Waals surface area (Å²) in [4.78, 5) is 36.4. The van der Waals surface area contributed by atoms with Gasteiger partial charge in [0.15, 0.2) is 0 Å². The monoisotopic (exact) mass is 419 g/mol. The molecule has 8 heteroatoms. The number of halogens is 1. The summed E-state index contributed by atoms with van der Waals surface area (Å²) in [5, 5.41) is 3.49. The minimum absolute atomic E-state index is 0.189. The number of rotatable bonds is 7. The van der Waals surface area contributed by atoms with Crippen molar-refractivity contribution in [3.05, 3.63) is 94.3 Å². The molecule has 2 heterocycles. The van der Waals surface area contributed by atoms with Gasteiger partial charge < -0.3 is 14.9 Å². The Labute approximate surface area is 178 Å². The van der Waals surface area contributed by atoms with E-state index < -0.39 is 6.04 Å². The maximum atomic E-state index is 13.8. The van der Waals surface area contributed by atoms with Crippen LogP contribution in [0.15, 0.2) is 65.7 Å². The molecule has 0 spiro atoms. The number of benzene rings is 2. The van der Waals surface area contributed by atoms with Crippen LogP contribution in [0.4, 0.5) is 4.39 Å². The van der Waals surface area contributed by atoms with Crippen LogP contribution < -0.4 is 10.9 Å². The third-order valence-corrected chi connectivity index (χ3v) is 5.08. The molecular formula is C23H22FN5O2. The topological polar surface area (TPSA) is 92.7 Å². The number of nitrogens with zero attached hydrogens (tertiary/aromatic N) is 3. The van der Waals surface area contributed by atoms with Gasteiger partial charge in [-0.2, -0.15) is 0 Å². The zero-order valence-electron chi connectivity index (χ0n) is 17.0. The SMILES string of the molecule is Cn1ccnc1C(NC(=O)CCCc1nc2ccccc2c(=O)[nH]1)c1cccc(F)c1. The van der Waals surface area contributed by atoms with Crippen LogP contribution >= 0.6 is 0 Å². The summed E-state index contributed by atoms with van der Waals surface area (Å²) < 4.78 is 15.6. The van der Waals surface area contributed by atoms with E-state index in [1.807, 2.05) is 13.1 Å². The number of aryl methyl sites for hydroxylation is 2. The summed E-state index contributed by atoms with van der Waals surface area (Å²) in [5.74, 6) is 0.583. The van der Waals surface area contributed by atoms with Gasteiger partial charge in [0.25, 0.3) is 5.56 Å². The molecule has 0 saturated carbocycles. The van der Waals surface area contributed by atoms with Crippen LogP contribution in [-0.2, 0) is 18.3 Å². The number of hydrogen-bond donors (Lipinski definition) is 2. The predicted molar refractivity (Wildman–Crippen MR) is 115 cm³/mol. The summed E-state index contributed by atoms with van der Waals surface area (Å²) in [6.45, 7) is 0. The first-order valence-corrected chi connectivity index (χ1v) is 10.0. The van der Waals surface area contributed by atoms with Gasteiger partial charge in [-0.15, -0.1) is 0 Å². The lowest BCUT2D eigenvalue weighted by atomic mass is 10.1. The highest BCUT2D eigenvalue weighted by molar-refractivity contribution is 5.77. The second-order valence-corrected chi connectivity index (χ2v) is 7.34. The molecule has 1 amide bonds. The van der Waals surface area contributed by atoms with Gasteiger partial charge in [0, 0.05) is 32.3 Å². The Kier molecular flexibility index (Phi) is 5.88. The highest BCUT2D eigenvalue weighted by Gasteiger charge is 2.21. The van der Waals surface area contributed by atoms with Gasteiger partial charge in [0.1, 0.15) is 23.5 Å². The second-order valence-electron chi connectivity index (χ2n) is 7.34. The number of aromatic amines is 1. The average Bonchev–Trinajstić information content (AvgIpc) is 3.17. The van der Waals surface area contributed by atoms with Gasteiger partial charge in [-0.25, -0.2) is 14.4 Å². The number of H-pyrrole nitrogens is 1. The maximum absolute atomic E-state index is 13.8. The van der Waals surface area contributed by atoms with Crippen LogP contribution in [0.2, 0.25) is 0 Å². The van der Waals surface area contributed by atoms with Crippen molar-refractivity contribution in [2.45, 2.75) is 25.3 Å². The Morgan fingerprint density at radius 3 is 2.84 bits per heavy atom. The normalized spacial score (nSPS) is 12.1. The van der Waals surface area contributed by atoms with Gasteiger partial charge in [-0.3, -0.25) is 9.59 Å². The minimum Gasteiger partial charge on any atom is -0.342 e. The molecule has 0 aliphatic heterocycles. The standard InChI is InChI=1S/C23H22FN5O2/c1-29-13-12-25-22(29)21(15-6-4-7-16(24)14-15)28-20(30)11-5-10-19-26-18-9-3-2-8-17(18)23(31)27-19/h2-4,6-9,12-14,21H,5,10-11H2,1H3,(H,28,30)(H,26,27,31). The molecule has 1 unspecified atom stereocenters. The van der Waals surface area contributed by atoms with E-state index in [0.717, 1.165) is 0 Å². The number of fused-ring (bicyclic) bond motifs is 1. The van der Waals surface area contributed by atoms with Gasteiger partial charge in [0.2, 0.25) is 5.91 Å². The van der Waals surface area contributed by atoms with E-state index >= 15 is 0 Å². The Morgan fingerprint density at radius 2 is 2.06 bits per heavy atom. The largest absolute Gasteiger partial charge is 0.342 e. The van der Waals surface area contributed by atoms with Gasteiger partial charge in [-0.1, -0.05) is 24.3 Å². The molecule has 1 atom stereocenters. The summed E-state index contributed by atoms with van der Waals surface area (Å²) in [6, 6.07) is 12.7. The van der Waals surface area contributed by atoms with Crippen LogP contribution in [0.25, 0.3) is 10.9 Å². The number of amides is 1. The maximum Gasteiger partial charge on any atom is 0.258 e. The zero-order chi connectivity index (χ0) is 21.8. The molecule has 158 valence electrons. The second kappa shape index (κ2) is 8.91. The number of carbonyl (C=O) groups is 1. The van der Waals surface area contributed by atoms with E-state index in [1.165, 1.54) is 12.1 Å². The molecule has 0 saturated heterocycles. The van der Waals surface area contributed by atoms with Gasteiger partial charge >= 0.3 is 0 Å². The van der Waals surface area contributed by atoms with Crippen molar-refractivity contribution in [2.24, 2.45) is 7.05 Å². The van der Waals surface area contributed by atoms with Crippen molar-refractivity contribution in [2.75, 3.05) is 0 Å². The van der Waals surface area contributed by atoms with E-state index in [2.05, 4.69) is 20.3 Å². The molecule has 0 fully saturated rings. The van der Waals surface area contributed by atoms with Crippen molar-refractivity contribution < 1.29 is 9.18 Å². The van der Waals surface area contributed by atoms with Gasteiger partial charge in [0.05, 0.1) is 10.9 Å². The van der Waals surface area contributed by atoms with Crippen molar-refractivity contribution in [3.8, 4) is 0 Å². The summed E-state index contributed by atoms with van der Waals surface area (Å²) in [6.07, 6.45) is 4.60. The van der Waals surface area contributed by atoms with E-state index in [0.29, 0.717) is 41.0 Å². The molecule has 0 radical (unpaired) electrons. The fourth-order valence-corrected chi connectivity index (χ4v) is 3.54. The molecule has 4 rings (SSSR count). The average molecular weight is 419 g/mol. The van der Waals surface area contributed by atoms with E-state index in [4.69, 9.17) is 0 Å². The van der Waals surface area contributed by atoms with Crippen molar-refractivity contribution in [1.29, 1.82) is 0 Å². The number of imidazole rings is 1. The van der Waals surface area contributed by atoms with Crippen LogP contribution in [0.3, 0.4) is 0 Å². The molecule has 0 aliphatic rings. The summed E-state index contributed by atoms with van der Waals surface area (Å²) >= 11 is 0. The van der Waals surface area contributed by atoms with Gasteiger partial charge in [-0.05, 0) is 36.2 Å². The van der Waals surface area contributed by atoms with E-state index in [9.17, 15) is 14.0 Å². The molecule has 0 aliphatic carbocycles. The first kappa shape index (κ1) is 20.5. The van der Waals surface area contributed by atoms with Crippen molar-refractivity contribution in [3.63, 3.8) is 0 Å². The first-order valence-electron chi connectivity index (χ1n) is 10.0. The van der Waals surface area contributed by atoms with Crippen molar-refractivity contribution in [1.82, 2.24) is 24.8 Å². The predicted octanol–water partition coefficient (Wildman–Crippen LogP) is 3.02. The third-order valence-electron chi connectivity index (χ3n) is 5.08. The van der Waals surface area contributed by atoms with Crippen molar-refractivity contribution >= 4 is 16.8 Å². The van der Waals surface area contributed by atoms with Crippen LogP contribution in [0.5, 0.6) is 0 Å². The Bertz CT molecular complexity index is 1280. The Balaban J connectivity index is 1.44. The molecule has 2 aromatic heterocycles.